The van der Waals surface area contributed by atoms with Crippen LogP contribution in [0.25, 0.3) is 0 Å². The van der Waals surface area contributed by atoms with E-state index in [0.29, 0.717) is 12.1 Å². The lowest BCUT2D eigenvalue weighted by atomic mass is 10.1. The summed E-state index contributed by atoms with van der Waals surface area (Å²) in [5, 5.41) is 3.59. The molecule has 3 rings (SSSR count). The molecule has 0 aliphatic carbocycles. The molecule has 2 fully saturated rings. The van der Waals surface area contributed by atoms with Crippen LogP contribution in [-0.2, 0) is 0 Å². The van der Waals surface area contributed by atoms with E-state index in [9.17, 15) is 0 Å². The van der Waals surface area contributed by atoms with Gasteiger partial charge in [-0.15, -0.1) is 0 Å². The van der Waals surface area contributed by atoms with Gasteiger partial charge in [0, 0.05) is 49.6 Å². The number of nitrogens with zero attached hydrogens (tertiary/aromatic N) is 2. The van der Waals surface area contributed by atoms with E-state index in [1.54, 1.807) is 0 Å². The van der Waals surface area contributed by atoms with Crippen molar-refractivity contribution in [3.63, 3.8) is 0 Å². The van der Waals surface area contributed by atoms with Crippen LogP contribution >= 0.6 is 0 Å². The predicted molar refractivity (Wildman–Crippen MR) is 86.8 cm³/mol. The summed E-state index contributed by atoms with van der Waals surface area (Å²) < 4.78 is 0. The SMILES string of the molecule is CC1CN(c2ccc(N3CCCCC3)cc2)CC(C)N1. The van der Waals surface area contributed by atoms with Crippen molar-refractivity contribution < 1.29 is 0 Å². The van der Waals surface area contributed by atoms with Crippen molar-refractivity contribution in [2.24, 2.45) is 0 Å². The Morgan fingerprint density at radius 3 is 1.85 bits per heavy atom. The highest BCUT2D eigenvalue weighted by Crippen LogP contribution is 2.24. The van der Waals surface area contributed by atoms with E-state index < -0.39 is 0 Å². The van der Waals surface area contributed by atoms with Crippen LogP contribution in [0.15, 0.2) is 24.3 Å². The zero-order valence-corrected chi connectivity index (χ0v) is 12.8. The smallest absolute Gasteiger partial charge is 0.0368 e. The summed E-state index contributed by atoms with van der Waals surface area (Å²) >= 11 is 0. The molecule has 2 aliphatic heterocycles. The molecule has 0 amide bonds. The minimum atomic E-state index is 0.570. The van der Waals surface area contributed by atoms with Crippen molar-refractivity contribution in [3.8, 4) is 0 Å². The normalized spacial score (nSPS) is 27.7. The first-order valence-corrected chi connectivity index (χ1v) is 8.08. The van der Waals surface area contributed by atoms with Crippen molar-refractivity contribution >= 4 is 11.4 Å². The molecule has 1 aromatic carbocycles. The third-order valence-electron chi connectivity index (χ3n) is 4.49. The van der Waals surface area contributed by atoms with Crippen LogP contribution in [0.2, 0.25) is 0 Å². The van der Waals surface area contributed by atoms with Gasteiger partial charge in [-0.25, -0.2) is 0 Å². The fraction of sp³-hybridized carbons (Fsp3) is 0.647. The Labute approximate surface area is 123 Å². The molecule has 0 aromatic heterocycles. The van der Waals surface area contributed by atoms with E-state index in [1.807, 2.05) is 0 Å². The van der Waals surface area contributed by atoms with E-state index in [0.717, 1.165) is 13.1 Å². The van der Waals surface area contributed by atoms with Gasteiger partial charge < -0.3 is 15.1 Å². The molecule has 2 saturated heterocycles. The summed E-state index contributed by atoms with van der Waals surface area (Å²) in [4.78, 5) is 5.03. The van der Waals surface area contributed by atoms with Crippen molar-refractivity contribution in [2.75, 3.05) is 36.0 Å². The van der Waals surface area contributed by atoms with Gasteiger partial charge in [0.15, 0.2) is 0 Å². The molecular formula is C17H27N3. The van der Waals surface area contributed by atoms with E-state index in [1.165, 1.54) is 43.7 Å². The molecule has 2 heterocycles. The van der Waals surface area contributed by atoms with Crippen LogP contribution in [-0.4, -0.2) is 38.3 Å². The summed E-state index contributed by atoms with van der Waals surface area (Å²) in [6.07, 6.45) is 4.08. The van der Waals surface area contributed by atoms with E-state index >= 15 is 0 Å². The first-order chi connectivity index (χ1) is 9.72. The quantitative estimate of drug-likeness (QED) is 0.894. The maximum Gasteiger partial charge on any atom is 0.0368 e. The van der Waals surface area contributed by atoms with Crippen LogP contribution < -0.4 is 15.1 Å². The highest BCUT2D eigenvalue weighted by molar-refractivity contribution is 5.57. The molecule has 0 radical (unpaired) electrons. The van der Waals surface area contributed by atoms with Gasteiger partial charge in [0.2, 0.25) is 0 Å². The first-order valence-electron chi connectivity index (χ1n) is 8.08. The van der Waals surface area contributed by atoms with Crippen molar-refractivity contribution in [2.45, 2.75) is 45.2 Å². The molecule has 3 heteroatoms. The molecule has 1 aromatic rings. The molecule has 2 aliphatic rings. The largest absolute Gasteiger partial charge is 0.372 e. The zero-order valence-electron chi connectivity index (χ0n) is 12.8. The molecule has 110 valence electrons. The second-order valence-corrected chi connectivity index (χ2v) is 6.44. The number of rotatable bonds is 2. The Morgan fingerprint density at radius 2 is 1.30 bits per heavy atom. The summed E-state index contributed by atoms with van der Waals surface area (Å²) in [5.74, 6) is 0. The van der Waals surface area contributed by atoms with Crippen LogP contribution in [0.3, 0.4) is 0 Å². The summed E-state index contributed by atoms with van der Waals surface area (Å²) in [7, 11) is 0. The highest BCUT2D eigenvalue weighted by atomic mass is 15.2. The van der Waals surface area contributed by atoms with Gasteiger partial charge >= 0.3 is 0 Å². The van der Waals surface area contributed by atoms with E-state index in [4.69, 9.17) is 0 Å². The third kappa shape index (κ3) is 3.09. The number of piperidine rings is 1. The van der Waals surface area contributed by atoms with Gasteiger partial charge in [-0.1, -0.05) is 0 Å². The van der Waals surface area contributed by atoms with Crippen molar-refractivity contribution in [3.05, 3.63) is 24.3 Å². The van der Waals surface area contributed by atoms with Gasteiger partial charge in [-0.2, -0.15) is 0 Å². The number of nitrogens with one attached hydrogen (secondary N) is 1. The number of piperazine rings is 1. The Morgan fingerprint density at radius 1 is 0.800 bits per heavy atom. The fourth-order valence-corrected chi connectivity index (χ4v) is 3.56. The molecule has 2 atom stereocenters. The molecule has 0 spiro atoms. The molecule has 0 saturated carbocycles. The number of hydrogen-bond donors (Lipinski definition) is 1. The predicted octanol–water partition coefficient (Wildman–Crippen LogP) is 2.86. The van der Waals surface area contributed by atoms with Gasteiger partial charge in [0.05, 0.1) is 0 Å². The van der Waals surface area contributed by atoms with Gasteiger partial charge in [-0.05, 0) is 57.4 Å². The van der Waals surface area contributed by atoms with Gasteiger partial charge in [-0.3, -0.25) is 0 Å². The monoisotopic (exact) mass is 273 g/mol. The highest BCUT2D eigenvalue weighted by Gasteiger charge is 2.21. The fourth-order valence-electron chi connectivity index (χ4n) is 3.56. The minimum Gasteiger partial charge on any atom is -0.372 e. The minimum absolute atomic E-state index is 0.570. The second-order valence-electron chi connectivity index (χ2n) is 6.44. The average molecular weight is 273 g/mol. The molecule has 1 N–H and O–H groups in total. The lowest BCUT2D eigenvalue weighted by Gasteiger charge is -2.38. The molecule has 0 bridgehead atoms. The Hall–Kier alpha value is -1.22. The Kier molecular flexibility index (Phi) is 4.16. The zero-order chi connectivity index (χ0) is 13.9. The lowest BCUT2D eigenvalue weighted by molar-refractivity contribution is 0.407. The van der Waals surface area contributed by atoms with E-state index in [-0.39, 0.29) is 0 Å². The lowest BCUT2D eigenvalue weighted by Crippen LogP contribution is -2.54. The summed E-state index contributed by atoms with van der Waals surface area (Å²) in [6.45, 7) is 9.19. The Bertz CT molecular complexity index is 412. The van der Waals surface area contributed by atoms with Crippen molar-refractivity contribution in [1.29, 1.82) is 0 Å². The number of benzene rings is 1. The third-order valence-corrected chi connectivity index (χ3v) is 4.49. The molecule has 2 unspecified atom stereocenters. The van der Waals surface area contributed by atoms with E-state index in [2.05, 4.69) is 53.2 Å². The van der Waals surface area contributed by atoms with Gasteiger partial charge in [0.1, 0.15) is 0 Å². The van der Waals surface area contributed by atoms with Crippen LogP contribution in [0, 0.1) is 0 Å². The first kappa shape index (κ1) is 13.7. The summed E-state index contributed by atoms with van der Waals surface area (Å²) in [5.41, 5.74) is 2.76. The molecule has 20 heavy (non-hydrogen) atoms. The Balaban J connectivity index is 1.69. The topological polar surface area (TPSA) is 18.5 Å². The van der Waals surface area contributed by atoms with Crippen LogP contribution in [0.5, 0.6) is 0 Å². The molecule has 3 nitrogen and oxygen atoms in total. The summed E-state index contributed by atoms with van der Waals surface area (Å²) in [6, 6.07) is 10.3. The van der Waals surface area contributed by atoms with Crippen LogP contribution in [0.1, 0.15) is 33.1 Å². The standard InChI is InChI=1S/C17H27N3/c1-14-12-20(13-15(2)18-14)17-8-6-16(7-9-17)19-10-4-3-5-11-19/h6-9,14-15,18H,3-5,10-13H2,1-2H3. The average Bonchev–Trinajstić information content (AvgIpc) is 2.47. The van der Waals surface area contributed by atoms with Crippen LogP contribution in [0.4, 0.5) is 11.4 Å². The number of hydrogen-bond acceptors (Lipinski definition) is 3. The van der Waals surface area contributed by atoms with Gasteiger partial charge in [0.25, 0.3) is 0 Å². The maximum atomic E-state index is 3.59. The number of anilines is 2. The van der Waals surface area contributed by atoms with Crippen molar-refractivity contribution in [1.82, 2.24) is 5.32 Å². The second kappa shape index (κ2) is 6.04. The molecular weight excluding hydrogens is 246 g/mol. The maximum absolute atomic E-state index is 3.59.